The van der Waals surface area contributed by atoms with Crippen molar-refractivity contribution in [2.45, 2.75) is 39.5 Å². The summed E-state index contributed by atoms with van der Waals surface area (Å²) in [5.41, 5.74) is 2.52. The first-order valence-corrected chi connectivity index (χ1v) is 7.31. The van der Waals surface area contributed by atoms with Crippen molar-refractivity contribution < 1.29 is 4.74 Å². The number of hydrogen-bond donors (Lipinski definition) is 1. The summed E-state index contributed by atoms with van der Waals surface area (Å²) in [6.45, 7) is 9.98. The maximum atomic E-state index is 5.74. The largest absolute Gasteiger partial charge is 0.374 e. The molecule has 1 unspecified atom stereocenters. The van der Waals surface area contributed by atoms with Crippen LogP contribution in [0.4, 0.5) is 0 Å². The van der Waals surface area contributed by atoms with Crippen LogP contribution in [0.3, 0.4) is 0 Å². The quantitative estimate of drug-likeness (QED) is 0.830. The van der Waals surface area contributed by atoms with Crippen molar-refractivity contribution in [3.63, 3.8) is 0 Å². The number of nitrogens with one attached hydrogen (secondary N) is 1. The molecule has 1 atom stereocenters. The third-order valence-electron chi connectivity index (χ3n) is 3.62. The second kappa shape index (κ2) is 7.03. The minimum absolute atomic E-state index is 0.308. The number of likely N-dealkylation sites (N-methyl/N-ethyl adjacent to an activating group) is 1. The summed E-state index contributed by atoms with van der Waals surface area (Å²) in [6, 6.07) is 2.24. The average molecular weight is 266 g/mol. The molecular weight excluding hydrogens is 240 g/mol. The molecule has 0 spiro atoms. The smallest absolute Gasteiger partial charge is 0.0826 e. The summed E-state index contributed by atoms with van der Waals surface area (Å²) < 4.78 is 7.87. The Labute approximate surface area is 115 Å². The Morgan fingerprint density at radius 3 is 3.00 bits per heavy atom. The van der Waals surface area contributed by atoms with Crippen LogP contribution >= 0.6 is 0 Å². The van der Waals surface area contributed by atoms with E-state index in [1.807, 2.05) is 7.05 Å². The minimum Gasteiger partial charge on any atom is -0.374 e. The molecule has 0 bridgehead atoms. The van der Waals surface area contributed by atoms with Crippen molar-refractivity contribution in [2.24, 2.45) is 0 Å². The van der Waals surface area contributed by atoms with Crippen LogP contribution in [0, 0.1) is 0 Å². The molecule has 1 aromatic heterocycles. The third kappa shape index (κ3) is 3.78. The summed E-state index contributed by atoms with van der Waals surface area (Å²) in [5.74, 6) is 0. The maximum Gasteiger partial charge on any atom is 0.0826 e. The Morgan fingerprint density at radius 1 is 1.47 bits per heavy atom. The number of nitrogens with zero attached hydrogens (tertiary/aromatic N) is 3. The first kappa shape index (κ1) is 14.5. The van der Waals surface area contributed by atoms with E-state index < -0.39 is 0 Å². The fraction of sp³-hybridized carbons (Fsp3) is 0.786. The van der Waals surface area contributed by atoms with Crippen LogP contribution in [-0.4, -0.2) is 54.1 Å². The molecule has 1 aliphatic rings. The maximum absolute atomic E-state index is 5.74. The zero-order valence-corrected chi connectivity index (χ0v) is 12.4. The Balaban J connectivity index is 1.97. The number of hydrogen-bond acceptors (Lipinski definition) is 4. The summed E-state index contributed by atoms with van der Waals surface area (Å²) in [4.78, 5) is 2.47. The molecule has 0 amide bonds. The monoisotopic (exact) mass is 266 g/mol. The molecule has 1 fully saturated rings. The molecule has 0 radical (unpaired) electrons. The van der Waals surface area contributed by atoms with Gasteiger partial charge in [0.1, 0.15) is 0 Å². The Kier molecular flexibility index (Phi) is 5.36. The second-order valence-electron chi connectivity index (χ2n) is 5.08. The SMILES string of the molecule is CCc1cc(CN2CCOC(CNC)C2)n(CC)n1. The zero-order valence-electron chi connectivity index (χ0n) is 12.4. The van der Waals surface area contributed by atoms with Crippen LogP contribution in [0.25, 0.3) is 0 Å². The van der Waals surface area contributed by atoms with Crippen molar-refractivity contribution in [3.8, 4) is 0 Å². The van der Waals surface area contributed by atoms with Gasteiger partial charge < -0.3 is 10.1 Å². The number of aryl methyl sites for hydroxylation is 2. The predicted octanol–water partition coefficient (Wildman–Crippen LogP) is 0.886. The molecule has 19 heavy (non-hydrogen) atoms. The van der Waals surface area contributed by atoms with Crippen molar-refractivity contribution in [2.75, 3.05) is 33.3 Å². The van der Waals surface area contributed by atoms with Gasteiger partial charge in [-0.3, -0.25) is 9.58 Å². The van der Waals surface area contributed by atoms with Crippen LogP contribution in [0.1, 0.15) is 25.2 Å². The van der Waals surface area contributed by atoms with Gasteiger partial charge in [-0.05, 0) is 26.5 Å². The molecule has 1 aliphatic heterocycles. The zero-order chi connectivity index (χ0) is 13.7. The van der Waals surface area contributed by atoms with E-state index in [0.717, 1.165) is 45.8 Å². The molecule has 1 saturated heterocycles. The van der Waals surface area contributed by atoms with E-state index in [9.17, 15) is 0 Å². The minimum atomic E-state index is 0.308. The van der Waals surface area contributed by atoms with E-state index in [-0.39, 0.29) is 0 Å². The van der Waals surface area contributed by atoms with Gasteiger partial charge in [0.2, 0.25) is 0 Å². The molecule has 108 valence electrons. The molecule has 1 aromatic rings. The number of aromatic nitrogens is 2. The van der Waals surface area contributed by atoms with Gasteiger partial charge in [-0.25, -0.2) is 0 Å². The predicted molar refractivity (Wildman–Crippen MR) is 76.2 cm³/mol. The highest BCUT2D eigenvalue weighted by Gasteiger charge is 2.21. The number of ether oxygens (including phenoxy) is 1. The van der Waals surface area contributed by atoms with Gasteiger partial charge in [-0.1, -0.05) is 6.92 Å². The lowest BCUT2D eigenvalue weighted by molar-refractivity contribution is -0.0298. The van der Waals surface area contributed by atoms with E-state index in [1.165, 1.54) is 11.4 Å². The lowest BCUT2D eigenvalue weighted by Crippen LogP contribution is -2.45. The highest BCUT2D eigenvalue weighted by Crippen LogP contribution is 2.12. The summed E-state index contributed by atoms with van der Waals surface area (Å²) >= 11 is 0. The van der Waals surface area contributed by atoms with Crippen LogP contribution in [0.5, 0.6) is 0 Å². The molecule has 5 nitrogen and oxygen atoms in total. The van der Waals surface area contributed by atoms with Gasteiger partial charge in [-0.15, -0.1) is 0 Å². The summed E-state index contributed by atoms with van der Waals surface area (Å²) in [6.07, 6.45) is 1.31. The lowest BCUT2D eigenvalue weighted by atomic mass is 10.2. The molecule has 0 saturated carbocycles. The molecule has 0 aliphatic carbocycles. The molecule has 0 aromatic carbocycles. The Bertz CT molecular complexity index is 389. The van der Waals surface area contributed by atoms with Crippen molar-refractivity contribution in [3.05, 3.63) is 17.5 Å². The highest BCUT2D eigenvalue weighted by atomic mass is 16.5. The molecular formula is C14H26N4O. The summed E-state index contributed by atoms with van der Waals surface area (Å²) in [7, 11) is 1.97. The van der Waals surface area contributed by atoms with Gasteiger partial charge in [-0.2, -0.15) is 5.10 Å². The van der Waals surface area contributed by atoms with Gasteiger partial charge in [0.15, 0.2) is 0 Å². The van der Waals surface area contributed by atoms with Crippen LogP contribution in [0.2, 0.25) is 0 Å². The highest BCUT2D eigenvalue weighted by molar-refractivity contribution is 5.10. The first-order chi connectivity index (χ1) is 9.26. The first-order valence-electron chi connectivity index (χ1n) is 7.31. The Hall–Kier alpha value is -0.910. The topological polar surface area (TPSA) is 42.3 Å². The Morgan fingerprint density at radius 2 is 2.32 bits per heavy atom. The van der Waals surface area contributed by atoms with Crippen LogP contribution in [-0.2, 0) is 24.2 Å². The molecule has 5 heteroatoms. The molecule has 2 heterocycles. The van der Waals surface area contributed by atoms with Crippen LogP contribution < -0.4 is 5.32 Å². The van der Waals surface area contributed by atoms with Crippen LogP contribution in [0.15, 0.2) is 6.07 Å². The van der Waals surface area contributed by atoms with Gasteiger partial charge in [0.25, 0.3) is 0 Å². The second-order valence-corrected chi connectivity index (χ2v) is 5.08. The standard InChI is InChI=1S/C14H26N4O/c1-4-12-8-13(18(5-2)16-12)10-17-6-7-19-14(11-17)9-15-3/h8,14-15H,4-7,9-11H2,1-3H3. The fourth-order valence-electron chi connectivity index (χ4n) is 2.59. The van der Waals surface area contributed by atoms with E-state index in [0.29, 0.717) is 6.10 Å². The van der Waals surface area contributed by atoms with Gasteiger partial charge >= 0.3 is 0 Å². The van der Waals surface area contributed by atoms with Crippen molar-refractivity contribution >= 4 is 0 Å². The van der Waals surface area contributed by atoms with E-state index >= 15 is 0 Å². The summed E-state index contributed by atoms with van der Waals surface area (Å²) in [5, 5.41) is 7.80. The third-order valence-corrected chi connectivity index (χ3v) is 3.62. The van der Waals surface area contributed by atoms with Crippen molar-refractivity contribution in [1.82, 2.24) is 20.0 Å². The number of rotatable bonds is 6. The normalized spacial score (nSPS) is 20.9. The van der Waals surface area contributed by atoms with Crippen molar-refractivity contribution in [1.29, 1.82) is 0 Å². The molecule has 1 N–H and O–H groups in total. The number of morpholine rings is 1. The van der Waals surface area contributed by atoms with E-state index in [2.05, 4.69) is 39.9 Å². The van der Waals surface area contributed by atoms with E-state index in [4.69, 9.17) is 4.74 Å². The molecule has 2 rings (SSSR count). The lowest BCUT2D eigenvalue weighted by Gasteiger charge is -2.32. The van der Waals surface area contributed by atoms with E-state index in [1.54, 1.807) is 0 Å². The average Bonchev–Trinajstić information content (AvgIpc) is 2.82. The fourth-order valence-corrected chi connectivity index (χ4v) is 2.59. The van der Waals surface area contributed by atoms with Gasteiger partial charge in [0, 0.05) is 32.7 Å². The van der Waals surface area contributed by atoms with Gasteiger partial charge in [0.05, 0.1) is 24.1 Å².